The van der Waals surface area contributed by atoms with Gasteiger partial charge in [-0.1, -0.05) is 36.4 Å². The van der Waals surface area contributed by atoms with Crippen molar-refractivity contribution in [3.05, 3.63) is 89.2 Å². The van der Waals surface area contributed by atoms with Gasteiger partial charge >= 0.3 is 0 Å². The first-order valence-electron chi connectivity index (χ1n) is 10.6. The number of para-hydroxylation sites is 2. The zero-order chi connectivity index (χ0) is 21.2. The molecule has 4 aromatic rings. The molecule has 2 aromatic heterocycles. The van der Waals surface area contributed by atoms with E-state index in [0.29, 0.717) is 5.39 Å². The van der Waals surface area contributed by atoms with Gasteiger partial charge in [0, 0.05) is 55.9 Å². The van der Waals surface area contributed by atoms with Gasteiger partial charge in [-0.25, -0.2) is 4.98 Å². The summed E-state index contributed by atoms with van der Waals surface area (Å²) in [5, 5.41) is 4.04. The van der Waals surface area contributed by atoms with Crippen molar-refractivity contribution in [3.63, 3.8) is 0 Å². The molecule has 0 unspecified atom stereocenters. The number of aromatic nitrogens is 2. The Labute approximate surface area is 181 Å². The van der Waals surface area contributed by atoms with Gasteiger partial charge in [-0.3, -0.25) is 9.36 Å². The molecule has 0 amide bonds. The van der Waals surface area contributed by atoms with Crippen LogP contribution >= 0.6 is 0 Å². The van der Waals surface area contributed by atoms with Crippen LogP contribution in [0.3, 0.4) is 0 Å². The van der Waals surface area contributed by atoms with Crippen molar-refractivity contribution in [1.82, 2.24) is 14.5 Å². The van der Waals surface area contributed by atoms with Gasteiger partial charge in [0.1, 0.15) is 11.6 Å². The number of nitrogens with one attached hydrogen (secondary N) is 1. The van der Waals surface area contributed by atoms with Gasteiger partial charge in [0.2, 0.25) is 0 Å². The topological polar surface area (TPSA) is 53.4 Å². The fraction of sp³-hybridized carbons (Fsp3) is 0.200. The van der Waals surface area contributed by atoms with Crippen LogP contribution in [0.1, 0.15) is 0 Å². The van der Waals surface area contributed by atoms with Crippen LogP contribution in [-0.2, 0) is 0 Å². The van der Waals surface area contributed by atoms with Crippen LogP contribution in [-0.4, -0.2) is 47.7 Å². The van der Waals surface area contributed by atoms with Gasteiger partial charge in [-0.2, -0.15) is 0 Å². The molecule has 1 aliphatic rings. The van der Waals surface area contributed by atoms with Gasteiger partial charge in [0.25, 0.3) is 0 Å². The van der Waals surface area contributed by atoms with Crippen molar-refractivity contribution in [3.8, 4) is 5.69 Å². The molecule has 31 heavy (non-hydrogen) atoms. The number of hydrogen-bond acceptors (Lipinski definition) is 5. The van der Waals surface area contributed by atoms with Crippen LogP contribution in [0.2, 0.25) is 0 Å². The molecule has 1 N–H and O–H groups in total. The zero-order valence-electron chi connectivity index (χ0n) is 17.5. The van der Waals surface area contributed by atoms with Crippen molar-refractivity contribution < 1.29 is 0 Å². The summed E-state index contributed by atoms with van der Waals surface area (Å²) in [6, 6.07) is 23.7. The van der Waals surface area contributed by atoms with Crippen LogP contribution < -0.4 is 15.6 Å². The fourth-order valence-corrected chi connectivity index (χ4v) is 4.03. The van der Waals surface area contributed by atoms with Crippen molar-refractivity contribution in [2.24, 2.45) is 0 Å². The maximum Gasteiger partial charge on any atom is 0.193 e. The standard InChI is InChI=1S/C25H25N5O/c1-28-12-14-29(15-13-28)24-16-22-21(18-26-24)23(31)17-25(27-19-8-4-2-5-9-19)30(22)20-10-6-3-7-11-20/h2-11,16-18,27H,12-15H2,1H3. The first kappa shape index (κ1) is 19.3. The van der Waals surface area contributed by atoms with E-state index in [0.717, 1.165) is 54.7 Å². The number of benzene rings is 2. The Morgan fingerprint density at radius 1 is 0.871 bits per heavy atom. The summed E-state index contributed by atoms with van der Waals surface area (Å²) < 4.78 is 2.10. The molecule has 2 aromatic carbocycles. The summed E-state index contributed by atoms with van der Waals surface area (Å²) in [4.78, 5) is 22.2. The largest absolute Gasteiger partial charge is 0.354 e. The van der Waals surface area contributed by atoms with E-state index in [1.807, 2.05) is 54.6 Å². The Hall–Kier alpha value is -3.64. The molecular weight excluding hydrogens is 386 g/mol. The summed E-state index contributed by atoms with van der Waals surface area (Å²) >= 11 is 0. The lowest BCUT2D eigenvalue weighted by molar-refractivity contribution is 0.312. The molecule has 0 aliphatic carbocycles. The number of nitrogens with zero attached hydrogens (tertiary/aromatic N) is 4. The minimum atomic E-state index is -0.0435. The highest BCUT2D eigenvalue weighted by molar-refractivity contribution is 5.85. The van der Waals surface area contributed by atoms with Gasteiger partial charge in [-0.05, 0) is 31.3 Å². The molecule has 156 valence electrons. The van der Waals surface area contributed by atoms with Crippen molar-refractivity contribution in [1.29, 1.82) is 0 Å². The predicted octanol–water partition coefficient (Wildman–Crippen LogP) is 3.88. The molecule has 1 fully saturated rings. The number of likely N-dealkylation sites (N-methyl/N-ethyl adjacent to an activating group) is 1. The van der Waals surface area contributed by atoms with E-state index in [2.05, 4.69) is 43.8 Å². The third-order valence-corrected chi connectivity index (χ3v) is 5.77. The fourth-order valence-electron chi connectivity index (χ4n) is 4.03. The van der Waals surface area contributed by atoms with Crippen LogP contribution in [0, 0.1) is 0 Å². The van der Waals surface area contributed by atoms with E-state index in [9.17, 15) is 4.79 Å². The average Bonchev–Trinajstić information content (AvgIpc) is 2.81. The summed E-state index contributed by atoms with van der Waals surface area (Å²) in [7, 11) is 2.14. The Bertz CT molecular complexity index is 1250. The Balaban J connectivity index is 1.69. The lowest BCUT2D eigenvalue weighted by Gasteiger charge is -2.33. The van der Waals surface area contributed by atoms with Crippen LogP contribution in [0.25, 0.3) is 16.6 Å². The van der Waals surface area contributed by atoms with E-state index in [1.165, 1.54) is 0 Å². The predicted molar refractivity (Wildman–Crippen MR) is 127 cm³/mol. The summed E-state index contributed by atoms with van der Waals surface area (Å²) in [6.07, 6.45) is 1.72. The molecule has 0 radical (unpaired) electrons. The van der Waals surface area contributed by atoms with Gasteiger partial charge in [0.15, 0.2) is 5.43 Å². The molecule has 0 saturated carbocycles. The highest BCUT2D eigenvalue weighted by Gasteiger charge is 2.18. The number of pyridine rings is 2. The lowest BCUT2D eigenvalue weighted by atomic mass is 10.2. The molecule has 0 bridgehead atoms. The summed E-state index contributed by atoms with van der Waals surface area (Å²) in [5.41, 5.74) is 2.72. The number of rotatable bonds is 4. The molecule has 1 aliphatic heterocycles. The lowest BCUT2D eigenvalue weighted by Crippen LogP contribution is -2.44. The van der Waals surface area contributed by atoms with Crippen LogP contribution in [0.4, 0.5) is 17.3 Å². The maximum atomic E-state index is 13.0. The Morgan fingerprint density at radius 2 is 1.55 bits per heavy atom. The minimum absolute atomic E-state index is 0.0435. The second kappa shape index (κ2) is 8.24. The van der Waals surface area contributed by atoms with Crippen LogP contribution in [0.5, 0.6) is 0 Å². The quantitative estimate of drug-likeness (QED) is 0.552. The molecular formula is C25H25N5O. The van der Waals surface area contributed by atoms with E-state index < -0.39 is 0 Å². The Kier molecular flexibility index (Phi) is 5.14. The Morgan fingerprint density at radius 3 is 2.26 bits per heavy atom. The van der Waals surface area contributed by atoms with E-state index in [-0.39, 0.29) is 5.43 Å². The first-order valence-corrected chi connectivity index (χ1v) is 10.6. The number of anilines is 3. The van der Waals surface area contributed by atoms with Gasteiger partial charge < -0.3 is 15.1 Å². The number of hydrogen-bond donors (Lipinski definition) is 1. The molecule has 0 spiro atoms. The van der Waals surface area contributed by atoms with Crippen molar-refractivity contribution in [2.75, 3.05) is 43.4 Å². The number of piperazine rings is 1. The van der Waals surface area contributed by atoms with E-state index in [1.54, 1.807) is 12.3 Å². The monoisotopic (exact) mass is 411 g/mol. The maximum absolute atomic E-state index is 13.0. The minimum Gasteiger partial charge on any atom is -0.354 e. The third kappa shape index (κ3) is 3.90. The zero-order valence-corrected chi connectivity index (χ0v) is 17.5. The van der Waals surface area contributed by atoms with Gasteiger partial charge in [-0.15, -0.1) is 0 Å². The summed E-state index contributed by atoms with van der Waals surface area (Å²) in [5.74, 6) is 1.63. The molecule has 3 heterocycles. The molecule has 0 atom stereocenters. The summed E-state index contributed by atoms with van der Waals surface area (Å²) in [6.45, 7) is 3.85. The van der Waals surface area contributed by atoms with E-state index >= 15 is 0 Å². The third-order valence-electron chi connectivity index (χ3n) is 5.77. The molecule has 6 heteroatoms. The molecule has 5 rings (SSSR count). The first-order chi connectivity index (χ1) is 15.2. The smallest absolute Gasteiger partial charge is 0.193 e. The highest BCUT2D eigenvalue weighted by atomic mass is 16.1. The SMILES string of the molecule is CN1CCN(c2cc3c(cn2)c(=O)cc(Nc2ccccc2)n3-c2ccccc2)CC1. The highest BCUT2D eigenvalue weighted by Crippen LogP contribution is 2.27. The second-order valence-corrected chi connectivity index (χ2v) is 7.91. The second-order valence-electron chi connectivity index (χ2n) is 7.91. The molecule has 1 saturated heterocycles. The van der Waals surface area contributed by atoms with Crippen LogP contribution in [0.15, 0.2) is 83.8 Å². The molecule has 6 nitrogen and oxygen atoms in total. The average molecular weight is 412 g/mol. The van der Waals surface area contributed by atoms with E-state index in [4.69, 9.17) is 0 Å². The van der Waals surface area contributed by atoms with Crippen molar-refractivity contribution in [2.45, 2.75) is 0 Å². The van der Waals surface area contributed by atoms with Gasteiger partial charge in [0.05, 0.1) is 10.9 Å². The van der Waals surface area contributed by atoms with Crippen molar-refractivity contribution >= 4 is 28.2 Å². The normalized spacial score (nSPS) is 14.7. The number of fused-ring (bicyclic) bond motifs is 1.